The van der Waals surface area contributed by atoms with Crippen LogP contribution in [0.15, 0.2) is 77.7 Å². The Kier molecular flexibility index (Phi) is 6.61. The zero-order valence-corrected chi connectivity index (χ0v) is 20.9. The molecule has 10 heteroatoms. The maximum atomic E-state index is 13.5. The third-order valence-electron chi connectivity index (χ3n) is 5.68. The molecule has 0 aliphatic carbocycles. The van der Waals surface area contributed by atoms with Crippen LogP contribution in [0.5, 0.6) is 0 Å². The second kappa shape index (κ2) is 9.85. The summed E-state index contributed by atoms with van der Waals surface area (Å²) < 4.78 is 13.6. The third-order valence-corrected chi connectivity index (χ3v) is 7.38. The highest BCUT2D eigenvalue weighted by Gasteiger charge is 2.42. The number of thiocarbonyl (C=S) groups is 1. The third kappa shape index (κ3) is 4.65. The van der Waals surface area contributed by atoms with Crippen molar-refractivity contribution in [2.24, 2.45) is 0 Å². The zero-order valence-electron chi connectivity index (χ0n) is 18.5. The Bertz CT molecular complexity index is 1440. The molecule has 0 saturated carbocycles. The van der Waals surface area contributed by atoms with Crippen LogP contribution < -0.4 is 10.2 Å². The predicted molar refractivity (Wildman–Crippen MR) is 143 cm³/mol. The lowest BCUT2D eigenvalue weighted by atomic mass is 10.1. The van der Waals surface area contributed by atoms with Crippen molar-refractivity contribution in [3.05, 3.63) is 99.7 Å². The van der Waals surface area contributed by atoms with Gasteiger partial charge in [-0.25, -0.2) is 4.39 Å². The van der Waals surface area contributed by atoms with E-state index in [1.807, 2.05) is 0 Å². The van der Waals surface area contributed by atoms with Crippen molar-refractivity contribution in [3.8, 4) is 0 Å². The van der Waals surface area contributed by atoms with Crippen LogP contribution in [0.25, 0.3) is 5.57 Å². The van der Waals surface area contributed by atoms with Gasteiger partial charge in [0.1, 0.15) is 16.7 Å². The minimum Gasteiger partial charge on any atom is -0.325 e. The number of thioether (sulfide) groups is 1. The first kappa shape index (κ1) is 24.2. The first-order chi connectivity index (χ1) is 17.3. The van der Waals surface area contributed by atoms with Gasteiger partial charge < -0.3 is 5.32 Å². The van der Waals surface area contributed by atoms with Crippen molar-refractivity contribution in [2.45, 2.75) is 6.54 Å². The summed E-state index contributed by atoms with van der Waals surface area (Å²) in [5, 5.41) is 3.29. The van der Waals surface area contributed by atoms with E-state index in [-0.39, 0.29) is 29.4 Å². The van der Waals surface area contributed by atoms with Crippen LogP contribution in [0, 0.1) is 5.82 Å². The number of nitrogens with one attached hydrogen (secondary N) is 1. The number of fused-ring (bicyclic) bond motifs is 1. The van der Waals surface area contributed by atoms with Crippen LogP contribution >= 0.6 is 35.6 Å². The molecular weight excluding hydrogens is 521 g/mol. The number of hydrogen-bond donors (Lipinski definition) is 1. The second-order valence-electron chi connectivity index (χ2n) is 8.05. The number of hydrogen-bond acceptors (Lipinski definition) is 5. The number of anilines is 2. The van der Waals surface area contributed by atoms with Crippen LogP contribution in [-0.4, -0.2) is 33.5 Å². The smallest absolute Gasteiger partial charge is 0.267 e. The summed E-state index contributed by atoms with van der Waals surface area (Å²) >= 11 is 12.4. The Morgan fingerprint density at radius 3 is 2.36 bits per heavy atom. The Morgan fingerprint density at radius 1 is 0.944 bits per heavy atom. The molecular formula is C26H17ClFN3O3S2. The Balaban J connectivity index is 1.42. The Hall–Kier alpha value is -3.53. The lowest BCUT2D eigenvalue weighted by molar-refractivity contribution is -0.122. The molecule has 0 aromatic heterocycles. The maximum absolute atomic E-state index is 13.5. The van der Waals surface area contributed by atoms with Gasteiger partial charge in [0.2, 0.25) is 5.91 Å². The van der Waals surface area contributed by atoms with Gasteiger partial charge in [0.05, 0.1) is 22.7 Å². The van der Waals surface area contributed by atoms with Gasteiger partial charge in [-0.15, -0.1) is 0 Å². The first-order valence-corrected chi connectivity index (χ1v) is 12.4. The average molecular weight is 538 g/mol. The number of para-hydroxylation sites is 1. The molecule has 1 saturated heterocycles. The topological polar surface area (TPSA) is 69.7 Å². The van der Waals surface area contributed by atoms with Gasteiger partial charge in [-0.2, -0.15) is 0 Å². The summed E-state index contributed by atoms with van der Waals surface area (Å²) in [6.07, 6.45) is 0. The van der Waals surface area contributed by atoms with E-state index < -0.39 is 17.7 Å². The van der Waals surface area contributed by atoms with Crippen molar-refractivity contribution in [1.29, 1.82) is 0 Å². The summed E-state index contributed by atoms with van der Waals surface area (Å²) in [6.45, 7) is -0.0807. The van der Waals surface area contributed by atoms with Crippen molar-refractivity contribution in [3.63, 3.8) is 0 Å². The fourth-order valence-electron chi connectivity index (χ4n) is 3.99. The number of benzene rings is 3. The molecule has 2 aliphatic rings. The monoisotopic (exact) mass is 537 g/mol. The quantitative estimate of drug-likeness (QED) is 0.356. The van der Waals surface area contributed by atoms with Crippen molar-refractivity contribution in [1.82, 2.24) is 4.90 Å². The van der Waals surface area contributed by atoms with Gasteiger partial charge in [0.15, 0.2) is 0 Å². The van der Waals surface area contributed by atoms with Gasteiger partial charge in [0.25, 0.3) is 11.8 Å². The van der Waals surface area contributed by atoms with Crippen molar-refractivity contribution >= 4 is 74.6 Å². The second-order valence-corrected chi connectivity index (χ2v) is 10.1. The van der Waals surface area contributed by atoms with Crippen molar-refractivity contribution < 1.29 is 18.8 Å². The fraction of sp³-hybridized carbons (Fsp3) is 0.0769. The maximum Gasteiger partial charge on any atom is 0.267 e. The molecule has 0 unspecified atom stereocenters. The number of amides is 3. The van der Waals surface area contributed by atoms with Gasteiger partial charge in [-0.3, -0.25) is 24.2 Å². The van der Waals surface area contributed by atoms with E-state index in [1.165, 1.54) is 21.9 Å². The molecule has 3 amide bonds. The Morgan fingerprint density at radius 2 is 1.64 bits per heavy atom. The molecule has 0 spiro atoms. The molecule has 1 N–H and O–H groups in total. The SMILES string of the molecule is O=C(CN1C(=O)C(=C2SC(=S)N(Cc3ccc(F)cc3)C2=O)c2ccccc21)Nc1ccc(Cl)cc1. The summed E-state index contributed by atoms with van der Waals surface area (Å²) in [6, 6.07) is 19.4. The minimum absolute atomic E-state index is 0.158. The standard InChI is InChI=1S/C26H17ClFN3O3S2/c27-16-7-11-18(12-8-16)29-21(32)14-30-20-4-2-1-3-19(20)22(24(30)33)23-25(34)31(26(35)36-23)13-15-5-9-17(28)10-6-15/h1-12H,13-14H2,(H,29,32). The summed E-state index contributed by atoms with van der Waals surface area (Å²) in [5.41, 5.74) is 2.56. The van der Waals surface area contributed by atoms with Crippen LogP contribution in [0.4, 0.5) is 15.8 Å². The Labute approximate surface area is 220 Å². The normalized spacial score (nSPS) is 17.1. The van der Waals surface area contributed by atoms with E-state index in [4.69, 9.17) is 23.8 Å². The molecule has 3 aromatic rings. The highest BCUT2D eigenvalue weighted by molar-refractivity contribution is 8.26. The highest BCUT2D eigenvalue weighted by Crippen LogP contribution is 2.44. The molecule has 6 nitrogen and oxygen atoms in total. The number of carbonyl (C=O) groups is 3. The minimum atomic E-state index is -0.454. The van der Waals surface area contributed by atoms with Gasteiger partial charge >= 0.3 is 0 Å². The van der Waals surface area contributed by atoms with E-state index in [0.717, 1.165) is 11.8 Å². The van der Waals surface area contributed by atoms with Crippen molar-refractivity contribution in [2.75, 3.05) is 16.8 Å². The first-order valence-electron chi connectivity index (χ1n) is 10.8. The number of nitrogens with zero attached hydrogens (tertiary/aromatic N) is 2. The summed E-state index contributed by atoms with van der Waals surface area (Å²) in [5.74, 6) is -1.63. The summed E-state index contributed by atoms with van der Waals surface area (Å²) in [7, 11) is 0. The van der Waals surface area contributed by atoms with Gasteiger partial charge in [0, 0.05) is 16.3 Å². The van der Waals surface area contributed by atoms with E-state index in [0.29, 0.717) is 31.8 Å². The lowest BCUT2D eigenvalue weighted by Crippen LogP contribution is -2.35. The summed E-state index contributed by atoms with van der Waals surface area (Å²) in [4.78, 5) is 42.6. The number of halogens is 2. The molecule has 1 fully saturated rings. The molecule has 0 atom stereocenters. The predicted octanol–water partition coefficient (Wildman–Crippen LogP) is 5.24. The fourth-order valence-corrected chi connectivity index (χ4v) is 5.44. The molecule has 2 heterocycles. The lowest BCUT2D eigenvalue weighted by Gasteiger charge is -2.17. The van der Waals surface area contributed by atoms with E-state index in [1.54, 1.807) is 60.7 Å². The molecule has 3 aromatic carbocycles. The highest BCUT2D eigenvalue weighted by atomic mass is 35.5. The van der Waals surface area contributed by atoms with Gasteiger partial charge in [-0.1, -0.05) is 65.9 Å². The van der Waals surface area contributed by atoms with E-state index in [2.05, 4.69) is 5.32 Å². The molecule has 0 radical (unpaired) electrons. The van der Waals surface area contributed by atoms with E-state index >= 15 is 0 Å². The number of carbonyl (C=O) groups excluding carboxylic acids is 3. The largest absolute Gasteiger partial charge is 0.325 e. The average Bonchev–Trinajstić information content (AvgIpc) is 3.29. The molecule has 0 bridgehead atoms. The van der Waals surface area contributed by atoms with E-state index in [9.17, 15) is 18.8 Å². The van der Waals surface area contributed by atoms with Gasteiger partial charge in [-0.05, 0) is 48.0 Å². The molecule has 36 heavy (non-hydrogen) atoms. The van der Waals surface area contributed by atoms with Crippen LogP contribution in [-0.2, 0) is 20.9 Å². The zero-order chi connectivity index (χ0) is 25.4. The molecule has 5 rings (SSSR count). The van der Waals surface area contributed by atoms with Crippen LogP contribution in [0.3, 0.4) is 0 Å². The number of rotatable bonds is 5. The van der Waals surface area contributed by atoms with Crippen LogP contribution in [0.2, 0.25) is 5.02 Å². The molecule has 180 valence electrons. The molecule has 2 aliphatic heterocycles. The van der Waals surface area contributed by atoms with Crippen LogP contribution in [0.1, 0.15) is 11.1 Å².